The van der Waals surface area contributed by atoms with Gasteiger partial charge in [-0.3, -0.25) is 9.59 Å². The van der Waals surface area contributed by atoms with Crippen molar-refractivity contribution in [3.05, 3.63) is 46.9 Å². The van der Waals surface area contributed by atoms with Gasteiger partial charge in [-0.05, 0) is 32.9 Å². The van der Waals surface area contributed by atoms with Gasteiger partial charge in [-0.1, -0.05) is 12.1 Å². The molecule has 0 N–H and O–H groups in total. The van der Waals surface area contributed by atoms with Gasteiger partial charge >= 0.3 is 0 Å². The van der Waals surface area contributed by atoms with Crippen LogP contribution < -0.4 is 9.47 Å². The van der Waals surface area contributed by atoms with Crippen molar-refractivity contribution >= 4 is 11.8 Å². The molecule has 4 rings (SSSR count). The van der Waals surface area contributed by atoms with E-state index in [0.717, 1.165) is 11.3 Å². The fourth-order valence-electron chi connectivity index (χ4n) is 3.74. The number of para-hydroxylation sites is 2. The lowest BCUT2D eigenvalue weighted by Gasteiger charge is -2.37. The predicted molar refractivity (Wildman–Crippen MR) is 102 cm³/mol. The topological polar surface area (TPSA) is 72.2 Å². The highest BCUT2D eigenvalue weighted by Crippen LogP contribution is 2.31. The maximum absolute atomic E-state index is 12.9. The Morgan fingerprint density at radius 1 is 0.929 bits per heavy atom. The second-order valence-electron chi connectivity index (χ2n) is 7.20. The molecule has 2 aliphatic rings. The number of carbonyl (C=O) groups is 2. The number of nitrogens with zero attached hydrogens (tertiary/aromatic N) is 2. The smallest absolute Gasteiger partial charge is 0.267 e. The summed E-state index contributed by atoms with van der Waals surface area (Å²) >= 11 is 0. The number of benzene rings is 1. The largest absolute Gasteiger partial charge is 0.485 e. The summed E-state index contributed by atoms with van der Waals surface area (Å²) in [6.07, 6.45) is -0.654. The van der Waals surface area contributed by atoms with E-state index >= 15 is 0 Å². The number of aryl methyl sites for hydroxylation is 2. The molecule has 0 aliphatic carbocycles. The molecule has 0 spiro atoms. The molecule has 1 fully saturated rings. The summed E-state index contributed by atoms with van der Waals surface area (Å²) in [7, 11) is 0. The van der Waals surface area contributed by atoms with Crippen LogP contribution in [-0.4, -0.2) is 60.5 Å². The monoisotopic (exact) mass is 384 g/mol. The Morgan fingerprint density at radius 2 is 1.57 bits per heavy atom. The zero-order valence-corrected chi connectivity index (χ0v) is 16.4. The fraction of sp³-hybridized carbons (Fsp3) is 0.429. The van der Waals surface area contributed by atoms with Gasteiger partial charge in [-0.25, -0.2) is 0 Å². The van der Waals surface area contributed by atoms with Crippen LogP contribution in [0.4, 0.5) is 0 Å². The Bertz CT molecular complexity index is 912. The Kier molecular flexibility index (Phi) is 4.75. The summed E-state index contributed by atoms with van der Waals surface area (Å²) < 4.78 is 17.0. The minimum atomic E-state index is -0.654. The summed E-state index contributed by atoms with van der Waals surface area (Å²) in [6.45, 7) is 7.68. The molecule has 1 aromatic heterocycles. The number of carbonyl (C=O) groups excluding carboxylic acids is 2. The standard InChI is InChI=1S/C21H24N2O5/c1-13-14(2)27-15(3)19(13)21(25)23-10-8-22(9-11-23)20(24)18-12-26-16-6-4-5-7-17(16)28-18/h4-7,18H,8-12H2,1-3H3/t18-/m0/s1. The van der Waals surface area contributed by atoms with E-state index in [1.165, 1.54) is 0 Å². The average Bonchev–Trinajstić information content (AvgIpc) is 2.98. The SMILES string of the molecule is Cc1oc(C)c(C(=O)N2CCN(C(=O)[C@@H]3COc4ccccc4O3)CC2)c1C. The van der Waals surface area contributed by atoms with Crippen LogP contribution in [0.25, 0.3) is 0 Å². The lowest BCUT2D eigenvalue weighted by molar-refractivity contribution is -0.142. The average molecular weight is 384 g/mol. The van der Waals surface area contributed by atoms with E-state index in [1.54, 1.807) is 15.9 Å². The molecule has 1 saturated heterocycles. The molecule has 0 radical (unpaired) electrons. The molecule has 0 saturated carbocycles. The van der Waals surface area contributed by atoms with Crippen LogP contribution in [-0.2, 0) is 4.79 Å². The van der Waals surface area contributed by atoms with Crippen LogP contribution in [0.3, 0.4) is 0 Å². The van der Waals surface area contributed by atoms with Crippen molar-refractivity contribution in [1.82, 2.24) is 9.80 Å². The van der Waals surface area contributed by atoms with Crippen molar-refractivity contribution in [3.63, 3.8) is 0 Å². The first-order valence-electron chi connectivity index (χ1n) is 9.49. The van der Waals surface area contributed by atoms with Gasteiger partial charge in [0.15, 0.2) is 11.5 Å². The van der Waals surface area contributed by atoms with Gasteiger partial charge in [0.05, 0.1) is 5.56 Å². The Labute approximate surface area is 163 Å². The number of hydrogen-bond donors (Lipinski definition) is 0. The van der Waals surface area contributed by atoms with E-state index in [1.807, 2.05) is 39.0 Å². The Hall–Kier alpha value is -2.96. The molecule has 2 aliphatic heterocycles. The predicted octanol–water partition coefficient (Wildman–Crippen LogP) is 2.33. The van der Waals surface area contributed by atoms with E-state index < -0.39 is 6.10 Å². The molecular weight excluding hydrogens is 360 g/mol. The maximum atomic E-state index is 12.9. The minimum Gasteiger partial charge on any atom is -0.485 e. The van der Waals surface area contributed by atoms with Gasteiger partial charge in [-0.15, -0.1) is 0 Å². The van der Waals surface area contributed by atoms with Crippen molar-refractivity contribution < 1.29 is 23.5 Å². The highest BCUT2D eigenvalue weighted by Gasteiger charge is 2.34. The van der Waals surface area contributed by atoms with Gasteiger partial charge in [0.2, 0.25) is 6.10 Å². The summed E-state index contributed by atoms with van der Waals surface area (Å²) in [5.74, 6) is 2.51. The number of fused-ring (bicyclic) bond motifs is 1. The van der Waals surface area contributed by atoms with E-state index in [4.69, 9.17) is 13.9 Å². The molecule has 2 amide bonds. The van der Waals surface area contributed by atoms with E-state index in [9.17, 15) is 9.59 Å². The van der Waals surface area contributed by atoms with Crippen molar-refractivity contribution in [2.45, 2.75) is 26.9 Å². The first-order valence-corrected chi connectivity index (χ1v) is 9.49. The van der Waals surface area contributed by atoms with Crippen LogP contribution in [0.1, 0.15) is 27.4 Å². The molecule has 1 atom stereocenters. The first-order chi connectivity index (χ1) is 13.5. The van der Waals surface area contributed by atoms with Crippen LogP contribution >= 0.6 is 0 Å². The molecule has 7 nitrogen and oxygen atoms in total. The lowest BCUT2D eigenvalue weighted by Crippen LogP contribution is -2.55. The van der Waals surface area contributed by atoms with E-state index in [0.29, 0.717) is 49.0 Å². The third-order valence-corrected chi connectivity index (χ3v) is 5.44. The van der Waals surface area contributed by atoms with Crippen LogP contribution in [0.5, 0.6) is 11.5 Å². The molecule has 1 aromatic carbocycles. The minimum absolute atomic E-state index is 0.0369. The zero-order chi connectivity index (χ0) is 19.8. The highest BCUT2D eigenvalue weighted by molar-refractivity contribution is 5.97. The number of furan rings is 1. The summed E-state index contributed by atoms with van der Waals surface area (Å²) in [5.41, 5.74) is 1.52. The number of ether oxygens (including phenoxy) is 2. The van der Waals surface area contributed by atoms with Crippen LogP contribution in [0, 0.1) is 20.8 Å². The molecule has 3 heterocycles. The van der Waals surface area contributed by atoms with Crippen molar-refractivity contribution in [2.24, 2.45) is 0 Å². The number of rotatable bonds is 2. The number of amides is 2. The van der Waals surface area contributed by atoms with Crippen molar-refractivity contribution in [2.75, 3.05) is 32.8 Å². The summed E-state index contributed by atoms with van der Waals surface area (Å²) in [6, 6.07) is 7.33. The van der Waals surface area contributed by atoms with Gasteiger partial charge in [0.25, 0.3) is 11.8 Å². The van der Waals surface area contributed by atoms with Gasteiger partial charge in [0.1, 0.15) is 18.1 Å². The zero-order valence-electron chi connectivity index (χ0n) is 16.4. The summed E-state index contributed by atoms with van der Waals surface area (Å²) in [4.78, 5) is 29.2. The molecule has 28 heavy (non-hydrogen) atoms. The van der Waals surface area contributed by atoms with Crippen molar-refractivity contribution in [1.29, 1.82) is 0 Å². The van der Waals surface area contributed by atoms with Crippen LogP contribution in [0.2, 0.25) is 0 Å². The van der Waals surface area contributed by atoms with E-state index in [2.05, 4.69) is 0 Å². The Morgan fingerprint density at radius 3 is 2.21 bits per heavy atom. The van der Waals surface area contributed by atoms with E-state index in [-0.39, 0.29) is 18.4 Å². The van der Waals surface area contributed by atoms with Crippen LogP contribution in [0.15, 0.2) is 28.7 Å². The lowest BCUT2D eigenvalue weighted by atomic mass is 10.1. The third kappa shape index (κ3) is 3.21. The van der Waals surface area contributed by atoms with Gasteiger partial charge in [0, 0.05) is 31.7 Å². The molecular formula is C21H24N2O5. The Balaban J connectivity index is 1.38. The maximum Gasteiger partial charge on any atom is 0.267 e. The normalized spacial score (nSPS) is 18.9. The molecule has 2 aromatic rings. The highest BCUT2D eigenvalue weighted by atomic mass is 16.6. The second-order valence-corrected chi connectivity index (χ2v) is 7.20. The quantitative estimate of drug-likeness (QED) is 0.795. The molecule has 7 heteroatoms. The number of piperazine rings is 1. The van der Waals surface area contributed by atoms with Gasteiger partial charge in [-0.2, -0.15) is 0 Å². The summed E-state index contributed by atoms with van der Waals surface area (Å²) in [5, 5.41) is 0. The number of hydrogen-bond acceptors (Lipinski definition) is 5. The molecule has 0 unspecified atom stereocenters. The fourth-order valence-corrected chi connectivity index (χ4v) is 3.74. The van der Waals surface area contributed by atoms with Crippen molar-refractivity contribution in [3.8, 4) is 11.5 Å². The molecule has 0 bridgehead atoms. The second kappa shape index (κ2) is 7.22. The third-order valence-electron chi connectivity index (χ3n) is 5.44. The van der Waals surface area contributed by atoms with Gasteiger partial charge < -0.3 is 23.7 Å². The molecule has 148 valence electrons. The first kappa shape index (κ1) is 18.4.